The van der Waals surface area contributed by atoms with Crippen LogP contribution in [0, 0.1) is 0 Å². The molecule has 0 aromatic carbocycles. The van der Waals surface area contributed by atoms with Crippen LogP contribution in [0.2, 0.25) is 0 Å². The zero-order chi connectivity index (χ0) is 10.4. The lowest BCUT2D eigenvalue weighted by molar-refractivity contribution is 0.312. The molecule has 1 fully saturated rings. The van der Waals surface area contributed by atoms with Crippen LogP contribution in [0.1, 0.15) is 26.2 Å². The maximum Gasteiger partial charge on any atom is 0.156 e. The van der Waals surface area contributed by atoms with Gasteiger partial charge in [0.1, 0.15) is 0 Å². The van der Waals surface area contributed by atoms with Gasteiger partial charge in [-0.1, -0.05) is 12.1 Å². The molecule has 0 amide bonds. The number of thioether (sulfide) groups is 1. The summed E-state index contributed by atoms with van der Waals surface area (Å²) < 4.78 is 0. The third-order valence-electron chi connectivity index (χ3n) is 2.54. The second kappa shape index (κ2) is 6.14. The molecule has 0 radical (unpaired) electrons. The first-order chi connectivity index (χ1) is 6.77. The summed E-state index contributed by atoms with van der Waals surface area (Å²) in [6.45, 7) is 2.04. The number of nitrogens with two attached hydrogens (primary N) is 1. The first-order valence-corrected chi connectivity index (χ1v) is 6.24. The lowest BCUT2D eigenvalue weighted by atomic mass is 10.1. The minimum absolute atomic E-state index is 0.0214. The lowest BCUT2D eigenvalue weighted by Gasteiger charge is -2.27. The van der Waals surface area contributed by atoms with E-state index in [0.717, 1.165) is 6.42 Å². The van der Waals surface area contributed by atoms with Crippen molar-refractivity contribution in [2.24, 2.45) is 10.9 Å². The Morgan fingerprint density at radius 3 is 2.79 bits per heavy atom. The fourth-order valence-electron chi connectivity index (χ4n) is 1.63. The molecule has 1 aliphatic heterocycles. The highest BCUT2D eigenvalue weighted by molar-refractivity contribution is 7.99. The molecule has 0 aliphatic carbocycles. The van der Waals surface area contributed by atoms with E-state index < -0.39 is 0 Å². The smallest absolute Gasteiger partial charge is 0.156 e. The van der Waals surface area contributed by atoms with E-state index in [2.05, 4.69) is 10.5 Å². The van der Waals surface area contributed by atoms with Crippen molar-refractivity contribution in [2.45, 2.75) is 38.3 Å². The minimum Gasteiger partial charge on any atom is -0.409 e. The van der Waals surface area contributed by atoms with Crippen molar-refractivity contribution in [3.05, 3.63) is 0 Å². The zero-order valence-electron chi connectivity index (χ0n) is 8.57. The van der Waals surface area contributed by atoms with Crippen molar-refractivity contribution < 1.29 is 5.21 Å². The van der Waals surface area contributed by atoms with Crippen molar-refractivity contribution in [2.75, 3.05) is 11.5 Å². The molecule has 1 rings (SSSR count). The lowest BCUT2D eigenvalue weighted by Crippen LogP contribution is -2.47. The molecule has 0 bridgehead atoms. The van der Waals surface area contributed by atoms with Gasteiger partial charge in [0.05, 0.1) is 6.04 Å². The minimum atomic E-state index is 0.0214. The summed E-state index contributed by atoms with van der Waals surface area (Å²) in [6, 6.07) is 0.551. The van der Waals surface area contributed by atoms with E-state index in [4.69, 9.17) is 10.9 Å². The summed E-state index contributed by atoms with van der Waals surface area (Å²) in [5, 5.41) is 15.1. The number of rotatable bonds is 4. The fraction of sp³-hybridized carbons (Fsp3) is 0.889. The molecule has 5 heteroatoms. The number of hydrogen-bond donors (Lipinski definition) is 3. The van der Waals surface area contributed by atoms with Crippen LogP contribution in [-0.4, -0.2) is 34.6 Å². The van der Waals surface area contributed by atoms with Gasteiger partial charge in [-0.3, -0.25) is 0 Å². The Bertz CT molecular complexity index is 192. The summed E-state index contributed by atoms with van der Waals surface area (Å²) in [5.41, 5.74) is 5.58. The van der Waals surface area contributed by atoms with Gasteiger partial charge in [-0.15, -0.1) is 0 Å². The first kappa shape index (κ1) is 11.7. The summed E-state index contributed by atoms with van der Waals surface area (Å²) in [7, 11) is 0. The summed E-state index contributed by atoms with van der Waals surface area (Å²) in [5.74, 6) is 2.72. The Hall–Kier alpha value is -0.420. The van der Waals surface area contributed by atoms with E-state index in [1.807, 2.05) is 18.7 Å². The number of hydrogen-bond acceptors (Lipinski definition) is 4. The van der Waals surface area contributed by atoms with E-state index in [9.17, 15) is 0 Å². The molecule has 1 saturated heterocycles. The highest BCUT2D eigenvalue weighted by atomic mass is 32.2. The van der Waals surface area contributed by atoms with Gasteiger partial charge in [0.15, 0.2) is 5.84 Å². The number of nitrogens with one attached hydrogen (secondary N) is 1. The van der Waals surface area contributed by atoms with Gasteiger partial charge in [0.25, 0.3) is 0 Å². The van der Waals surface area contributed by atoms with E-state index in [1.54, 1.807) is 0 Å². The van der Waals surface area contributed by atoms with Crippen LogP contribution in [0.5, 0.6) is 0 Å². The number of oxime groups is 1. The fourth-order valence-corrected chi connectivity index (χ4v) is 2.74. The molecule has 4 N–H and O–H groups in total. The third kappa shape index (κ3) is 3.38. The summed E-state index contributed by atoms with van der Waals surface area (Å²) in [6.07, 6.45) is 3.22. The van der Waals surface area contributed by atoms with Crippen LogP contribution in [-0.2, 0) is 0 Å². The standard InChI is InChI=1S/C9H19N3OS/c1-2-8(9(10)12-13)11-7-3-5-14-6-4-7/h7-8,11,13H,2-6H2,1H3,(H2,10,12). The quantitative estimate of drug-likeness (QED) is 0.284. The summed E-state index contributed by atoms with van der Waals surface area (Å²) >= 11 is 2.00. The molecular weight excluding hydrogens is 198 g/mol. The Morgan fingerprint density at radius 2 is 2.29 bits per heavy atom. The molecule has 14 heavy (non-hydrogen) atoms. The predicted molar refractivity (Wildman–Crippen MR) is 61.0 cm³/mol. The Kier molecular flexibility index (Phi) is 5.11. The molecule has 1 heterocycles. The SMILES string of the molecule is CCC(NC1CCSCC1)C(N)=NO. The second-order valence-corrected chi connectivity index (χ2v) is 4.76. The third-order valence-corrected chi connectivity index (χ3v) is 3.59. The molecule has 1 aliphatic rings. The van der Waals surface area contributed by atoms with Crippen molar-refractivity contribution >= 4 is 17.6 Å². The van der Waals surface area contributed by atoms with E-state index in [-0.39, 0.29) is 6.04 Å². The van der Waals surface area contributed by atoms with Gasteiger partial charge < -0.3 is 16.3 Å². The maximum atomic E-state index is 8.58. The highest BCUT2D eigenvalue weighted by Crippen LogP contribution is 2.17. The van der Waals surface area contributed by atoms with Gasteiger partial charge in [-0.25, -0.2) is 0 Å². The molecule has 1 atom stereocenters. The predicted octanol–water partition coefficient (Wildman–Crippen LogP) is 0.997. The van der Waals surface area contributed by atoms with E-state index in [1.165, 1.54) is 24.3 Å². The Labute approximate surface area is 89.3 Å². The van der Waals surface area contributed by atoms with Gasteiger partial charge in [-0.05, 0) is 30.8 Å². The van der Waals surface area contributed by atoms with Gasteiger partial charge >= 0.3 is 0 Å². The average molecular weight is 217 g/mol. The Morgan fingerprint density at radius 1 is 1.64 bits per heavy atom. The van der Waals surface area contributed by atoms with Crippen molar-refractivity contribution in [3.8, 4) is 0 Å². The molecule has 82 valence electrons. The average Bonchev–Trinajstić information content (AvgIpc) is 2.26. The van der Waals surface area contributed by atoms with Gasteiger partial charge in [-0.2, -0.15) is 11.8 Å². The Balaban J connectivity index is 2.38. The van der Waals surface area contributed by atoms with Gasteiger partial charge in [0, 0.05) is 6.04 Å². The van der Waals surface area contributed by atoms with Gasteiger partial charge in [0.2, 0.25) is 0 Å². The molecule has 1 unspecified atom stereocenters. The number of nitrogens with zero attached hydrogens (tertiary/aromatic N) is 1. The highest BCUT2D eigenvalue weighted by Gasteiger charge is 2.19. The topological polar surface area (TPSA) is 70.6 Å². The zero-order valence-corrected chi connectivity index (χ0v) is 9.39. The molecular formula is C9H19N3OS. The van der Waals surface area contributed by atoms with Crippen molar-refractivity contribution in [3.63, 3.8) is 0 Å². The number of amidine groups is 1. The molecule has 0 saturated carbocycles. The van der Waals surface area contributed by atoms with E-state index >= 15 is 0 Å². The summed E-state index contributed by atoms with van der Waals surface area (Å²) in [4.78, 5) is 0. The second-order valence-electron chi connectivity index (χ2n) is 3.54. The van der Waals surface area contributed by atoms with Crippen molar-refractivity contribution in [1.82, 2.24) is 5.32 Å². The van der Waals surface area contributed by atoms with Crippen LogP contribution in [0.3, 0.4) is 0 Å². The van der Waals surface area contributed by atoms with Crippen LogP contribution >= 0.6 is 11.8 Å². The molecule has 0 spiro atoms. The largest absolute Gasteiger partial charge is 0.409 e. The van der Waals surface area contributed by atoms with Crippen LogP contribution in [0.25, 0.3) is 0 Å². The maximum absolute atomic E-state index is 8.58. The molecule has 0 aromatic rings. The normalized spacial score (nSPS) is 22.2. The monoisotopic (exact) mass is 217 g/mol. The van der Waals surface area contributed by atoms with E-state index in [0.29, 0.717) is 11.9 Å². The van der Waals surface area contributed by atoms with Crippen molar-refractivity contribution in [1.29, 1.82) is 0 Å². The molecule has 4 nitrogen and oxygen atoms in total. The van der Waals surface area contributed by atoms with Crippen LogP contribution in [0.4, 0.5) is 0 Å². The molecule has 0 aromatic heterocycles. The van der Waals surface area contributed by atoms with Crippen LogP contribution in [0.15, 0.2) is 5.16 Å². The first-order valence-electron chi connectivity index (χ1n) is 5.09. The van der Waals surface area contributed by atoms with Crippen LogP contribution < -0.4 is 11.1 Å².